The third-order valence-electron chi connectivity index (χ3n) is 5.49. The number of carbonyl (C=O) groups excluding carboxylic acids is 1. The van der Waals surface area contributed by atoms with Crippen molar-refractivity contribution in [2.45, 2.75) is 40.7 Å². The minimum Gasteiger partial charge on any atom is -0.282 e. The van der Waals surface area contributed by atoms with E-state index in [-0.39, 0.29) is 5.91 Å². The zero-order valence-electron chi connectivity index (χ0n) is 17.8. The topological polar surface area (TPSA) is 46.1 Å². The van der Waals surface area contributed by atoms with Crippen LogP contribution in [0.25, 0.3) is 10.2 Å². The van der Waals surface area contributed by atoms with Crippen molar-refractivity contribution in [3.63, 3.8) is 0 Å². The lowest BCUT2D eigenvalue weighted by atomic mass is 10.0. The highest BCUT2D eigenvalue weighted by Crippen LogP contribution is 2.33. The van der Waals surface area contributed by atoms with Crippen molar-refractivity contribution < 1.29 is 4.79 Å². The van der Waals surface area contributed by atoms with Crippen LogP contribution < -0.4 is 4.90 Å². The van der Waals surface area contributed by atoms with Gasteiger partial charge in [0, 0.05) is 6.20 Å². The molecular formula is C25H25N3OS. The molecule has 0 fully saturated rings. The first-order valence-corrected chi connectivity index (χ1v) is 10.9. The molecule has 4 aromatic rings. The normalized spacial score (nSPS) is 11.1. The lowest BCUT2D eigenvalue weighted by Crippen LogP contribution is -2.32. The van der Waals surface area contributed by atoms with Gasteiger partial charge in [-0.3, -0.25) is 14.7 Å². The van der Waals surface area contributed by atoms with Crippen molar-refractivity contribution in [3.8, 4) is 0 Å². The molecule has 5 heteroatoms. The first-order chi connectivity index (χ1) is 14.4. The van der Waals surface area contributed by atoms with Crippen molar-refractivity contribution in [1.29, 1.82) is 0 Å². The summed E-state index contributed by atoms with van der Waals surface area (Å²) < 4.78 is 1.10. The van der Waals surface area contributed by atoms with Gasteiger partial charge in [0.2, 0.25) is 5.91 Å². The largest absolute Gasteiger partial charge is 0.282 e. The third-order valence-corrected chi connectivity index (χ3v) is 6.54. The average molecular weight is 416 g/mol. The second kappa shape index (κ2) is 8.36. The van der Waals surface area contributed by atoms with Gasteiger partial charge >= 0.3 is 0 Å². The maximum absolute atomic E-state index is 13.4. The number of hydrogen-bond donors (Lipinski definition) is 0. The number of aryl methyl sites for hydroxylation is 4. The summed E-state index contributed by atoms with van der Waals surface area (Å²) in [6, 6.07) is 16.2. The molecule has 0 saturated heterocycles. The summed E-state index contributed by atoms with van der Waals surface area (Å²) >= 11 is 1.56. The monoisotopic (exact) mass is 415 g/mol. The van der Waals surface area contributed by atoms with Gasteiger partial charge in [0.05, 0.1) is 28.9 Å². The summed E-state index contributed by atoms with van der Waals surface area (Å²) in [7, 11) is 0. The van der Waals surface area contributed by atoms with Gasteiger partial charge in [-0.15, -0.1) is 0 Å². The molecule has 152 valence electrons. The van der Waals surface area contributed by atoms with Gasteiger partial charge in [0.15, 0.2) is 5.13 Å². The van der Waals surface area contributed by atoms with Crippen LogP contribution in [0.4, 0.5) is 5.13 Å². The molecule has 0 radical (unpaired) electrons. The van der Waals surface area contributed by atoms with Crippen LogP contribution in [0.15, 0.2) is 54.7 Å². The fourth-order valence-electron chi connectivity index (χ4n) is 3.55. The third kappa shape index (κ3) is 4.12. The molecule has 0 unspecified atom stereocenters. The van der Waals surface area contributed by atoms with Gasteiger partial charge in [-0.2, -0.15) is 0 Å². The molecule has 4 rings (SSSR count). The Bertz CT molecular complexity index is 1210. The maximum Gasteiger partial charge on any atom is 0.233 e. The molecule has 0 aliphatic heterocycles. The summed E-state index contributed by atoms with van der Waals surface area (Å²) in [6.45, 7) is 8.70. The molecule has 2 aromatic heterocycles. The molecular weight excluding hydrogens is 390 g/mol. The molecule has 1 amide bonds. The van der Waals surface area contributed by atoms with Gasteiger partial charge < -0.3 is 0 Å². The number of thiazole rings is 1. The van der Waals surface area contributed by atoms with Gasteiger partial charge in [-0.1, -0.05) is 47.2 Å². The molecule has 2 heterocycles. The van der Waals surface area contributed by atoms with E-state index in [9.17, 15) is 4.79 Å². The number of pyridine rings is 1. The predicted molar refractivity (Wildman–Crippen MR) is 124 cm³/mol. The number of fused-ring (bicyclic) bond motifs is 1. The van der Waals surface area contributed by atoms with E-state index in [4.69, 9.17) is 4.98 Å². The second-order valence-electron chi connectivity index (χ2n) is 7.76. The van der Waals surface area contributed by atoms with E-state index >= 15 is 0 Å². The van der Waals surface area contributed by atoms with Crippen molar-refractivity contribution in [2.24, 2.45) is 0 Å². The van der Waals surface area contributed by atoms with E-state index in [1.54, 1.807) is 22.4 Å². The average Bonchev–Trinajstić information content (AvgIpc) is 3.16. The molecule has 0 aliphatic rings. The molecule has 0 spiro atoms. The Labute approximate surface area is 181 Å². The van der Waals surface area contributed by atoms with Crippen molar-refractivity contribution in [3.05, 3.63) is 88.2 Å². The molecule has 0 aliphatic carbocycles. The van der Waals surface area contributed by atoms with Crippen LogP contribution in [-0.2, 0) is 17.8 Å². The zero-order valence-corrected chi connectivity index (χ0v) is 18.6. The Hall–Kier alpha value is -3.05. The Kier molecular flexibility index (Phi) is 5.64. The predicted octanol–water partition coefficient (Wildman–Crippen LogP) is 5.70. The molecule has 0 atom stereocenters. The number of hydrogen-bond acceptors (Lipinski definition) is 4. The van der Waals surface area contributed by atoms with E-state index < -0.39 is 0 Å². The van der Waals surface area contributed by atoms with E-state index in [0.717, 1.165) is 37.7 Å². The SMILES string of the molecule is Cc1ccc(CC(=O)N(Cc2ccccn2)c2nc3c(C)c(C)ccc3s2)c(C)c1. The van der Waals surface area contributed by atoms with Crippen LogP contribution in [0.3, 0.4) is 0 Å². The quantitative estimate of drug-likeness (QED) is 0.420. The fraction of sp³-hybridized carbons (Fsp3) is 0.240. The number of benzene rings is 2. The molecule has 0 N–H and O–H groups in total. The highest BCUT2D eigenvalue weighted by atomic mass is 32.1. The van der Waals surface area contributed by atoms with Gasteiger partial charge in [-0.05, 0) is 68.1 Å². The number of carbonyl (C=O) groups is 1. The van der Waals surface area contributed by atoms with E-state index in [1.165, 1.54) is 11.1 Å². The molecule has 30 heavy (non-hydrogen) atoms. The Morgan fingerprint density at radius 2 is 1.83 bits per heavy atom. The number of anilines is 1. The standard InChI is InChI=1S/C25H25N3OS/c1-16-8-10-20(18(3)13-16)14-23(29)28(15-21-7-5-6-12-26-21)25-27-24-19(4)17(2)9-11-22(24)30-25/h5-13H,14-15H2,1-4H3. The molecule has 0 saturated carbocycles. The minimum absolute atomic E-state index is 0.0287. The summed E-state index contributed by atoms with van der Waals surface area (Å²) in [4.78, 5) is 24.5. The highest BCUT2D eigenvalue weighted by molar-refractivity contribution is 7.22. The molecule has 0 bridgehead atoms. The van der Waals surface area contributed by atoms with Crippen molar-refractivity contribution in [2.75, 3.05) is 4.90 Å². The minimum atomic E-state index is 0.0287. The van der Waals surface area contributed by atoms with Gasteiger partial charge in [-0.25, -0.2) is 4.98 Å². The zero-order chi connectivity index (χ0) is 21.3. The molecule has 4 nitrogen and oxygen atoms in total. The van der Waals surface area contributed by atoms with Gasteiger partial charge in [0.25, 0.3) is 0 Å². The summed E-state index contributed by atoms with van der Waals surface area (Å²) in [5, 5.41) is 0.721. The number of aromatic nitrogens is 2. The number of rotatable bonds is 5. The first kappa shape index (κ1) is 20.2. The lowest BCUT2D eigenvalue weighted by Gasteiger charge is -2.20. The Balaban J connectivity index is 1.72. The van der Waals surface area contributed by atoms with Crippen LogP contribution >= 0.6 is 11.3 Å². The van der Waals surface area contributed by atoms with Gasteiger partial charge in [0.1, 0.15) is 0 Å². The second-order valence-corrected chi connectivity index (χ2v) is 8.77. The Morgan fingerprint density at radius 3 is 2.57 bits per heavy atom. The summed E-state index contributed by atoms with van der Waals surface area (Å²) in [5.41, 5.74) is 7.57. The fourth-order valence-corrected chi connectivity index (χ4v) is 4.59. The van der Waals surface area contributed by atoms with Crippen LogP contribution in [0.5, 0.6) is 0 Å². The van der Waals surface area contributed by atoms with Crippen molar-refractivity contribution in [1.82, 2.24) is 9.97 Å². The van der Waals surface area contributed by atoms with E-state index in [2.05, 4.69) is 56.9 Å². The van der Waals surface area contributed by atoms with E-state index in [0.29, 0.717) is 13.0 Å². The molecule has 2 aromatic carbocycles. The van der Waals surface area contributed by atoms with Crippen molar-refractivity contribution >= 4 is 32.6 Å². The van der Waals surface area contributed by atoms with Crippen LogP contribution in [0.1, 0.15) is 33.5 Å². The van der Waals surface area contributed by atoms with Crippen LogP contribution in [-0.4, -0.2) is 15.9 Å². The number of amides is 1. The Morgan fingerprint density at radius 1 is 1.00 bits per heavy atom. The maximum atomic E-state index is 13.4. The van der Waals surface area contributed by atoms with Crippen LogP contribution in [0.2, 0.25) is 0 Å². The summed E-state index contributed by atoms with van der Waals surface area (Å²) in [6.07, 6.45) is 2.10. The van der Waals surface area contributed by atoms with E-state index in [1.807, 2.05) is 24.3 Å². The smallest absolute Gasteiger partial charge is 0.233 e. The van der Waals surface area contributed by atoms with Crippen LogP contribution in [0, 0.1) is 27.7 Å². The first-order valence-electron chi connectivity index (χ1n) is 10.1. The summed E-state index contributed by atoms with van der Waals surface area (Å²) in [5.74, 6) is 0.0287. The number of nitrogens with zero attached hydrogens (tertiary/aromatic N) is 3. The highest BCUT2D eigenvalue weighted by Gasteiger charge is 2.22. The lowest BCUT2D eigenvalue weighted by molar-refractivity contribution is -0.118.